The van der Waals surface area contributed by atoms with E-state index >= 15 is 0 Å². The molecule has 5 rings (SSSR count). The smallest absolute Gasteiger partial charge is 0.375 e. The first-order valence-electron chi connectivity index (χ1n) is 9.60. The van der Waals surface area contributed by atoms with Crippen molar-refractivity contribution in [2.75, 3.05) is 18.2 Å². The van der Waals surface area contributed by atoms with Crippen LogP contribution in [0.5, 0.6) is 0 Å². The number of morpholine rings is 1. The normalized spacial score (nSPS) is 31.8. The molecule has 3 fully saturated rings. The number of anilines is 1. The van der Waals surface area contributed by atoms with E-state index in [0.717, 1.165) is 25.1 Å². The number of hydrazine groups is 1. The Hall–Kier alpha value is -2.14. The van der Waals surface area contributed by atoms with Crippen molar-refractivity contribution in [3.05, 3.63) is 40.6 Å². The molecule has 4 atom stereocenters. The first-order valence-corrected chi connectivity index (χ1v) is 9.60. The fraction of sp³-hybridized carbons (Fsp3) is 0.526. The Morgan fingerprint density at radius 1 is 1.21 bits per heavy atom. The zero-order valence-electron chi connectivity index (χ0n) is 16.0. The summed E-state index contributed by atoms with van der Waals surface area (Å²) in [6.07, 6.45) is -2.32. The Kier molecular flexibility index (Phi) is 4.18. The molecule has 4 aliphatic heterocycles. The molecule has 3 N–H and O–H groups in total. The minimum Gasteiger partial charge on any atom is -0.375 e. The number of fused-ring (bicyclic) bond motifs is 3. The number of benzene rings is 1. The van der Waals surface area contributed by atoms with Crippen LogP contribution in [0.4, 0.5) is 18.9 Å². The van der Waals surface area contributed by atoms with Crippen molar-refractivity contribution in [2.24, 2.45) is 0 Å². The van der Waals surface area contributed by atoms with Crippen molar-refractivity contribution < 1.29 is 22.7 Å². The topological polar surface area (TPSA) is 68.9 Å². The Labute approximate surface area is 165 Å². The van der Waals surface area contributed by atoms with E-state index in [9.17, 15) is 18.0 Å². The van der Waals surface area contributed by atoms with Crippen LogP contribution in [-0.2, 0) is 15.7 Å². The van der Waals surface area contributed by atoms with Crippen molar-refractivity contribution in [2.45, 2.75) is 51.0 Å². The fourth-order valence-corrected chi connectivity index (χ4v) is 4.74. The number of alkyl halides is 3. The van der Waals surface area contributed by atoms with E-state index in [1.54, 1.807) is 25.1 Å². The maximum Gasteiger partial charge on any atom is 0.416 e. The molecule has 4 aliphatic rings. The lowest BCUT2D eigenvalue weighted by Crippen LogP contribution is -2.68. The van der Waals surface area contributed by atoms with Crippen LogP contribution in [-0.4, -0.2) is 48.6 Å². The Balaban J connectivity index is 1.38. The van der Waals surface area contributed by atoms with Crippen LogP contribution in [0.1, 0.15) is 23.1 Å². The lowest BCUT2D eigenvalue weighted by Gasteiger charge is -2.40. The van der Waals surface area contributed by atoms with E-state index < -0.39 is 17.9 Å². The fourth-order valence-electron chi connectivity index (χ4n) is 4.74. The largest absolute Gasteiger partial charge is 0.416 e. The van der Waals surface area contributed by atoms with Crippen molar-refractivity contribution in [3.8, 4) is 0 Å². The molecule has 0 aromatic heterocycles. The Morgan fingerprint density at radius 2 is 1.93 bits per heavy atom. The average Bonchev–Trinajstić information content (AvgIpc) is 3.35. The molecule has 7 nitrogen and oxygen atoms in total. The number of halogens is 3. The van der Waals surface area contributed by atoms with Gasteiger partial charge in [0.1, 0.15) is 12.5 Å². The summed E-state index contributed by atoms with van der Waals surface area (Å²) < 4.78 is 44.9. The third-order valence-electron chi connectivity index (χ3n) is 6.04. The van der Waals surface area contributed by atoms with Crippen LogP contribution in [0.3, 0.4) is 0 Å². The molecule has 0 radical (unpaired) electrons. The molecule has 0 spiro atoms. The number of rotatable bonds is 2. The van der Waals surface area contributed by atoms with Gasteiger partial charge in [-0.25, -0.2) is 5.43 Å². The van der Waals surface area contributed by atoms with Gasteiger partial charge in [0.25, 0.3) is 5.91 Å². The summed E-state index contributed by atoms with van der Waals surface area (Å²) in [5, 5.41) is 8.00. The third-order valence-corrected chi connectivity index (χ3v) is 6.04. The number of nitrogens with zero attached hydrogens (tertiary/aromatic N) is 2. The summed E-state index contributed by atoms with van der Waals surface area (Å²) in [6, 6.07) is 2.53. The van der Waals surface area contributed by atoms with Gasteiger partial charge in [-0.1, -0.05) is 0 Å². The summed E-state index contributed by atoms with van der Waals surface area (Å²) in [7, 11) is 0. The molecule has 10 heteroatoms. The van der Waals surface area contributed by atoms with E-state index in [-0.39, 0.29) is 24.3 Å². The number of aryl methyl sites for hydroxylation is 2. The van der Waals surface area contributed by atoms with Gasteiger partial charge in [0.15, 0.2) is 0 Å². The van der Waals surface area contributed by atoms with E-state index in [1.807, 2.05) is 0 Å². The number of ether oxygens (including phenoxy) is 1. The van der Waals surface area contributed by atoms with Crippen LogP contribution in [0.15, 0.2) is 23.9 Å². The molecule has 156 valence electrons. The predicted molar refractivity (Wildman–Crippen MR) is 98.3 cm³/mol. The molecule has 4 heterocycles. The number of hydrogen-bond acceptors (Lipinski definition) is 6. The number of nitrogens with one attached hydrogen (secondary N) is 3. The van der Waals surface area contributed by atoms with Gasteiger partial charge in [-0.2, -0.15) is 13.2 Å². The predicted octanol–water partition coefficient (Wildman–Crippen LogP) is 1.33. The first kappa shape index (κ1) is 18.9. The lowest BCUT2D eigenvalue weighted by atomic mass is 10.0. The van der Waals surface area contributed by atoms with Gasteiger partial charge in [0, 0.05) is 18.8 Å². The van der Waals surface area contributed by atoms with E-state index in [4.69, 9.17) is 4.74 Å². The van der Waals surface area contributed by atoms with Gasteiger partial charge in [-0.05, 0) is 43.5 Å². The molecule has 1 aromatic rings. The highest BCUT2D eigenvalue weighted by atomic mass is 19.4. The minimum absolute atomic E-state index is 0.195. The average molecular weight is 409 g/mol. The van der Waals surface area contributed by atoms with Crippen LogP contribution in [0, 0.1) is 13.8 Å². The van der Waals surface area contributed by atoms with Crippen LogP contribution >= 0.6 is 0 Å². The van der Waals surface area contributed by atoms with Gasteiger partial charge in [0.05, 0.1) is 29.5 Å². The van der Waals surface area contributed by atoms with Crippen LogP contribution in [0.2, 0.25) is 0 Å². The molecule has 0 saturated carbocycles. The lowest BCUT2D eigenvalue weighted by molar-refractivity contribution is -0.137. The molecule has 0 aliphatic carbocycles. The molecule has 3 saturated heterocycles. The van der Waals surface area contributed by atoms with E-state index in [0.29, 0.717) is 29.0 Å². The summed E-state index contributed by atoms with van der Waals surface area (Å²) in [6.45, 7) is 4.69. The van der Waals surface area contributed by atoms with E-state index in [1.165, 1.54) is 0 Å². The van der Waals surface area contributed by atoms with Gasteiger partial charge >= 0.3 is 6.18 Å². The van der Waals surface area contributed by atoms with Crippen molar-refractivity contribution in [1.29, 1.82) is 0 Å². The third kappa shape index (κ3) is 3.10. The molecule has 1 aromatic carbocycles. The van der Waals surface area contributed by atoms with Crippen molar-refractivity contribution in [1.82, 2.24) is 21.0 Å². The molecular formula is C19H22F3N5O2. The second-order valence-electron chi connectivity index (χ2n) is 8.06. The summed E-state index contributed by atoms with van der Waals surface area (Å²) in [5.74, 6) is -0.195. The minimum atomic E-state index is -4.40. The summed E-state index contributed by atoms with van der Waals surface area (Å²) in [4.78, 5) is 14.9. The Morgan fingerprint density at radius 3 is 2.52 bits per heavy atom. The zero-order chi connectivity index (χ0) is 20.5. The molecule has 2 bridgehead atoms. The maximum atomic E-state index is 13.1. The molecule has 29 heavy (non-hydrogen) atoms. The van der Waals surface area contributed by atoms with Gasteiger partial charge in [-0.3, -0.25) is 20.0 Å². The second-order valence-corrected chi connectivity index (χ2v) is 8.06. The quantitative estimate of drug-likeness (QED) is 0.685. The highest BCUT2D eigenvalue weighted by Crippen LogP contribution is 2.36. The Bertz CT molecular complexity index is 879. The van der Waals surface area contributed by atoms with Crippen molar-refractivity contribution in [3.63, 3.8) is 0 Å². The molecule has 2 unspecified atom stereocenters. The highest BCUT2D eigenvalue weighted by molar-refractivity contribution is 5.97. The molecular weight excluding hydrogens is 387 g/mol. The zero-order valence-corrected chi connectivity index (χ0v) is 16.0. The van der Waals surface area contributed by atoms with Crippen LogP contribution < -0.4 is 21.1 Å². The SMILES string of the molecule is Cc1cc(C(F)(F)F)cc(C)c1N1C=C2C(=O)NC(N3C[C@H]4C[C@@H]3CO4)NC2N1. The summed E-state index contributed by atoms with van der Waals surface area (Å²) >= 11 is 0. The monoisotopic (exact) mass is 409 g/mol. The maximum absolute atomic E-state index is 13.1. The van der Waals surface area contributed by atoms with E-state index in [2.05, 4.69) is 21.0 Å². The number of likely N-dealkylation sites (tertiary alicyclic amines) is 1. The second kappa shape index (κ2) is 6.43. The number of carbonyl (C=O) groups excluding carboxylic acids is 1. The van der Waals surface area contributed by atoms with Gasteiger partial charge in [0.2, 0.25) is 0 Å². The van der Waals surface area contributed by atoms with Crippen molar-refractivity contribution >= 4 is 11.6 Å². The number of carbonyl (C=O) groups is 1. The number of amides is 1. The summed E-state index contributed by atoms with van der Waals surface area (Å²) in [5.41, 5.74) is 4.60. The number of hydrogen-bond donors (Lipinski definition) is 3. The highest BCUT2D eigenvalue weighted by Gasteiger charge is 2.46. The molecule has 1 amide bonds. The van der Waals surface area contributed by atoms with Gasteiger partial charge in [-0.15, -0.1) is 0 Å². The first-order chi connectivity index (χ1) is 13.7. The van der Waals surface area contributed by atoms with Gasteiger partial charge < -0.3 is 10.1 Å². The standard InChI is InChI=1S/C19H22F3N5O2/c1-9-3-11(19(20,21)22)4-10(2)15(9)27-7-14-16(25-27)23-18(24-17(14)28)26-6-13-5-12(26)8-29-13/h3-4,7,12-13,16,18,23,25H,5-6,8H2,1-2H3,(H,24,28)/t12-,13-,16?,18?/m1/s1. The van der Waals surface area contributed by atoms with Crippen LogP contribution in [0.25, 0.3) is 0 Å².